The fraction of sp³-hybridized carbons (Fsp3) is 0.609. The number of fused-ring (bicyclic) bond motifs is 3. The van der Waals surface area contributed by atoms with E-state index in [2.05, 4.69) is 23.1 Å². The highest BCUT2D eigenvalue weighted by Gasteiger charge is 2.58. The maximum Gasteiger partial charge on any atom is 0.338 e. The van der Waals surface area contributed by atoms with Gasteiger partial charge in [0.25, 0.3) is 0 Å². The Hall–Kier alpha value is -2.25. The lowest BCUT2D eigenvalue weighted by Crippen LogP contribution is -2.48. The summed E-state index contributed by atoms with van der Waals surface area (Å²) in [6.07, 6.45) is 4.78. The second-order valence-electron chi connectivity index (χ2n) is 8.92. The molecular weight excluding hydrogens is 386 g/mol. The third-order valence-electron chi connectivity index (χ3n) is 7.33. The fourth-order valence-corrected chi connectivity index (χ4v) is 5.48. The van der Waals surface area contributed by atoms with Crippen LogP contribution < -0.4 is 9.47 Å². The molecule has 162 valence electrons. The molecule has 30 heavy (non-hydrogen) atoms. The molecule has 4 aliphatic rings. The number of carbonyl (C=O) groups is 1. The van der Waals surface area contributed by atoms with E-state index in [1.54, 1.807) is 14.0 Å². The molecule has 0 saturated carbocycles. The molecule has 3 aliphatic heterocycles. The van der Waals surface area contributed by atoms with E-state index in [0.29, 0.717) is 5.76 Å². The number of benzene rings is 1. The van der Waals surface area contributed by atoms with E-state index < -0.39 is 17.7 Å². The van der Waals surface area contributed by atoms with Crippen molar-refractivity contribution in [1.82, 2.24) is 4.90 Å². The number of ether oxygens (including phenoxy) is 4. The number of methoxy groups -OCH3 is 1. The van der Waals surface area contributed by atoms with Gasteiger partial charge in [0.1, 0.15) is 5.76 Å². The van der Waals surface area contributed by atoms with Gasteiger partial charge in [-0.25, -0.2) is 4.79 Å². The Balaban J connectivity index is 1.63. The maximum absolute atomic E-state index is 12.8. The van der Waals surface area contributed by atoms with Crippen molar-refractivity contribution in [2.45, 2.75) is 62.7 Å². The lowest BCUT2D eigenvalue weighted by atomic mass is 9.77. The van der Waals surface area contributed by atoms with Crippen LogP contribution >= 0.6 is 0 Å². The SMILES string of the molecule is CC[C@@](C)(O)C(=O)O[C@@H]1C(OC)=C[C@]23CCCN2CCc2cc4c(cc2[C@H]13)OCO4. The van der Waals surface area contributed by atoms with Crippen LogP contribution in [0.4, 0.5) is 0 Å². The van der Waals surface area contributed by atoms with Crippen LogP contribution in [0.1, 0.15) is 50.2 Å². The molecule has 0 unspecified atom stereocenters. The van der Waals surface area contributed by atoms with E-state index in [0.717, 1.165) is 49.4 Å². The Labute approximate surface area is 176 Å². The zero-order valence-corrected chi connectivity index (χ0v) is 17.8. The number of aliphatic hydroxyl groups is 1. The molecule has 0 aromatic heterocycles. The lowest BCUT2D eigenvalue weighted by molar-refractivity contribution is -0.170. The van der Waals surface area contributed by atoms with Gasteiger partial charge in [0.05, 0.1) is 18.6 Å². The lowest BCUT2D eigenvalue weighted by Gasteiger charge is -2.39. The molecule has 0 amide bonds. The van der Waals surface area contributed by atoms with Crippen molar-refractivity contribution in [3.05, 3.63) is 35.1 Å². The summed E-state index contributed by atoms with van der Waals surface area (Å²) < 4.78 is 23.0. The predicted octanol–water partition coefficient (Wildman–Crippen LogP) is 2.51. The Bertz CT molecular complexity index is 909. The highest BCUT2D eigenvalue weighted by Crippen LogP contribution is 2.55. The summed E-state index contributed by atoms with van der Waals surface area (Å²) in [6, 6.07) is 4.12. The van der Waals surface area contributed by atoms with Crippen molar-refractivity contribution in [2.75, 3.05) is 27.0 Å². The number of nitrogens with zero attached hydrogens (tertiary/aromatic N) is 1. The Morgan fingerprint density at radius 3 is 2.83 bits per heavy atom. The largest absolute Gasteiger partial charge is 0.497 e. The molecule has 4 atom stereocenters. The zero-order valence-electron chi connectivity index (χ0n) is 17.8. The van der Waals surface area contributed by atoms with Crippen LogP contribution in [0.25, 0.3) is 0 Å². The topological polar surface area (TPSA) is 77.5 Å². The van der Waals surface area contributed by atoms with Crippen molar-refractivity contribution in [3.63, 3.8) is 0 Å². The van der Waals surface area contributed by atoms with Gasteiger partial charge in [-0.3, -0.25) is 4.90 Å². The minimum Gasteiger partial charge on any atom is -0.497 e. The predicted molar refractivity (Wildman–Crippen MR) is 108 cm³/mol. The normalized spacial score (nSPS) is 31.1. The first-order valence-electron chi connectivity index (χ1n) is 10.8. The summed E-state index contributed by atoms with van der Waals surface area (Å²) >= 11 is 0. The Kier molecular flexibility index (Phi) is 4.52. The van der Waals surface area contributed by atoms with Crippen molar-refractivity contribution in [2.24, 2.45) is 0 Å². The first-order chi connectivity index (χ1) is 14.4. The van der Waals surface area contributed by atoms with Crippen LogP contribution in [0.3, 0.4) is 0 Å². The monoisotopic (exact) mass is 415 g/mol. The van der Waals surface area contributed by atoms with E-state index in [4.69, 9.17) is 18.9 Å². The number of rotatable bonds is 4. The first kappa shape index (κ1) is 19.7. The number of hydrogen-bond donors (Lipinski definition) is 1. The first-order valence-corrected chi connectivity index (χ1v) is 10.8. The van der Waals surface area contributed by atoms with Crippen LogP contribution in [0.2, 0.25) is 0 Å². The minimum atomic E-state index is -1.54. The van der Waals surface area contributed by atoms with E-state index in [1.807, 2.05) is 0 Å². The molecule has 1 saturated heterocycles. The maximum atomic E-state index is 12.8. The van der Waals surface area contributed by atoms with Crippen LogP contribution in [0.15, 0.2) is 24.0 Å². The molecule has 1 fully saturated rings. The van der Waals surface area contributed by atoms with Crippen LogP contribution in [-0.4, -0.2) is 60.2 Å². The summed E-state index contributed by atoms with van der Waals surface area (Å²) in [7, 11) is 1.62. The number of esters is 1. The summed E-state index contributed by atoms with van der Waals surface area (Å²) in [5.41, 5.74) is 0.493. The molecule has 1 aliphatic carbocycles. The molecule has 1 aromatic carbocycles. The summed E-state index contributed by atoms with van der Waals surface area (Å²) in [5, 5.41) is 10.5. The molecule has 0 radical (unpaired) electrons. The van der Waals surface area contributed by atoms with E-state index in [-0.39, 0.29) is 24.7 Å². The van der Waals surface area contributed by atoms with Crippen LogP contribution in [-0.2, 0) is 20.7 Å². The van der Waals surface area contributed by atoms with Gasteiger partial charge in [-0.05, 0) is 68.5 Å². The molecule has 1 spiro atoms. The van der Waals surface area contributed by atoms with E-state index in [1.165, 1.54) is 12.5 Å². The number of carbonyl (C=O) groups excluding carboxylic acids is 1. The Morgan fingerprint density at radius 1 is 1.33 bits per heavy atom. The van der Waals surface area contributed by atoms with Crippen molar-refractivity contribution < 1.29 is 28.8 Å². The van der Waals surface area contributed by atoms with Crippen LogP contribution in [0.5, 0.6) is 11.5 Å². The zero-order chi connectivity index (χ0) is 21.1. The van der Waals surface area contributed by atoms with Gasteiger partial charge in [-0.1, -0.05) is 6.92 Å². The highest BCUT2D eigenvalue weighted by molar-refractivity contribution is 5.79. The van der Waals surface area contributed by atoms with Gasteiger partial charge in [0.15, 0.2) is 23.2 Å². The number of hydrogen-bond acceptors (Lipinski definition) is 7. The average molecular weight is 415 g/mol. The van der Waals surface area contributed by atoms with Crippen molar-refractivity contribution in [3.8, 4) is 11.5 Å². The third kappa shape index (κ3) is 2.75. The highest BCUT2D eigenvalue weighted by atomic mass is 16.7. The standard InChI is InChI=1S/C23H29NO6/c1-4-22(2,26)21(25)30-20-18(27-3)12-23-7-5-8-24(23)9-6-14-10-16-17(29-13-28-16)11-15(14)19(20)23/h10-12,19-20,26H,4-9,13H2,1-3H3/t19-,20-,22-,23+/m1/s1. The summed E-state index contributed by atoms with van der Waals surface area (Å²) in [6.45, 7) is 5.41. The van der Waals surface area contributed by atoms with Gasteiger partial charge in [-0.2, -0.15) is 0 Å². The Morgan fingerprint density at radius 2 is 2.10 bits per heavy atom. The molecule has 1 N–H and O–H groups in total. The molecular formula is C23H29NO6. The average Bonchev–Trinajstić information content (AvgIpc) is 3.41. The molecule has 7 heteroatoms. The van der Waals surface area contributed by atoms with E-state index in [9.17, 15) is 9.90 Å². The quantitative estimate of drug-likeness (QED) is 0.757. The molecule has 5 rings (SSSR count). The molecule has 0 bridgehead atoms. The molecule has 7 nitrogen and oxygen atoms in total. The minimum absolute atomic E-state index is 0.126. The second-order valence-corrected chi connectivity index (χ2v) is 8.92. The third-order valence-corrected chi connectivity index (χ3v) is 7.33. The fourth-order valence-electron chi connectivity index (χ4n) is 5.48. The molecule has 1 aromatic rings. The van der Waals surface area contributed by atoms with Crippen LogP contribution in [0, 0.1) is 0 Å². The van der Waals surface area contributed by atoms with Gasteiger partial charge >= 0.3 is 5.97 Å². The van der Waals surface area contributed by atoms with Crippen molar-refractivity contribution >= 4 is 5.97 Å². The van der Waals surface area contributed by atoms with Gasteiger partial charge in [-0.15, -0.1) is 0 Å². The summed E-state index contributed by atoms with van der Waals surface area (Å²) in [5.74, 6) is 1.40. The van der Waals surface area contributed by atoms with E-state index >= 15 is 0 Å². The smallest absolute Gasteiger partial charge is 0.338 e. The second kappa shape index (κ2) is 6.89. The summed E-state index contributed by atoms with van der Waals surface area (Å²) in [4.78, 5) is 15.3. The van der Waals surface area contributed by atoms with Gasteiger partial charge in [0, 0.05) is 6.54 Å². The van der Waals surface area contributed by atoms with Gasteiger partial charge < -0.3 is 24.1 Å². The van der Waals surface area contributed by atoms with Gasteiger partial charge in [0.2, 0.25) is 6.79 Å². The van der Waals surface area contributed by atoms with Crippen molar-refractivity contribution in [1.29, 1.82) is 0 Å². The molecule has 3 heterocycles.